The maximum Gasteiger partial charge on any atom is 0.243 e. The zero-order valence-electron chi connectivity index (χ0n) is 14.3. The number of carbonyl (C=O) groups is 1. The van der Waals surface area contributed by atoms with E-state index < -0.39 is 21.9 Å². The molecule has 138 valence electrons. The third-order valence-corrected chi connectivity index (χ3v) is 6.39. The average Bonchev–Trinajstić information content (AvgIpc) is 3.13. The number of rotatable bonds is 5. The molecule has 0 saturated carbocycles. The molecule has 2 atom stereocenters. The molecule has 1 aromatic carbocycles. The molecule has 1 saturated heterocycles. The van der Waals surface area contributed by atoms with Crippen LogP contribution in [0.3, 0.4) is 0 Å². The van der Waals surface area contributed by atoms with Crippen LogP contribution in [0.25, 0.3) is 0 Å². The third-order valence-electron chi connectivity index (χ3n) is 4.47. The summed E-state index contributed by atoms with van der Waals surface area (Å²) in [5, 5.41) is 2.86. The fraction of sp³-hybridized carbons (Fsp3) is 0.333. The van der Waals surface area contributed by atoms with Crippen LogP contribution >= 0.6 is 0 Å². The van der Waals surface area contributed by atoms with Gasteiger partial charge in [-0.15, -0.1) is 0 Å². The number of halogens is 1. The first-order valence-electron chi connectivity index (χ1n) is 8.37. The zero-order valence-corrected chi connectivity index (χ0v) is 15.1. The number of carbonyl (C=O) groups excluding carboxylic acids is 1. The quantitative estimate of drug-likeness (QED) is 0.867. The molecule has 1 amide bonds. The van der Waals surface area contributed by atoms with Crippen LogP contribution in [0.4, 0.5) is 4.39 Å². The van der Waals surface area contributed by atoms with Crippen molar-refractivity contribution in [1.29, 1.82) is 0 Å². The molecule has 6 nitrogen and oxygen atoms in total. The van der Waals surface area contributed by atoms with Crippen molar-refractivity contribution in [3.05, 3.63) is 60.2 Å². The van der Waals surface area contributed by atoms with E-state index in [0.29, 0.717) is 12.8 Å². The number of hydrogen-bond acceptors (Lipinski definition) is 4. The van der Waals surface area contributed by atoms with Crippen LogP contribution in [0.15, 0.2) is 53.7 Å². The van der Waals surface area contributed by atoms with Crippen molar-refractivity contribution >= 4 is 15.9 Å². The smallest absolute Gasteiger partial charge is 0.243 e. The SMILES string of the molecule is CC(NC(=O)C1CCCN1S(=O)(=O)c1ccc(F)cc1)c1cccnc1. The summed E-state index contributed by atoms with van der Waals surface area (Å²) in [4.78, 5) is 16.7. The van der Waals surface area contributed by atoms with E-state index in [1.807, 2.05) is 13.0 Å². The summed E-state index contributed by atoms with van der Waals surface area (Å²) in [6.07, 6.45) is 4.35. The Balaban J connectivity index is 1.77. The van der Waals surface area contributed by atoms with E-state index in [-0.39, 0.29) is 23.4 Å². The summed E-state index contributed by atoms with van der Waals surface area (Å²) >= 11 is 0. The van der Waals surface area contributed by atoms with Crippen molar-refractivity contribution in [2.24, 2.45) is 0 Å². The van der Waals surface area contributed by atoms with Gasteiger partial charge >= 0.3 is 0 Å². The van der Waals surface area contributed by atoms with Crippen molar-refractivity contribution in [2.75, 3.05) is 6.54 Å². The van der Waals surface area contributed by atoms with Gasteiger partial charge in [-0.1, -0.05) is 6.07 Å². The molecule has 1 aliphatic rings. The molecule has 2 aromatic rings. The van der Waals surface area contributed by atoms with Gasteiger partial charge in [0.1, 0.15) is 11.9 Å². The highest BCUT2D eigenvalue weighted by Gasteiger charge is 2.39. The Morgan fingerprint density at radius 2 is 2.04 bits per heavy atom. The normalized spacial score (nSPS) is 19.2. The van der Waals surface area contributed by atoms with Crippen molar-refractivity contribution in [3.63, 3.8) is 0 Å². The summed E-state index contributed by atoms with van der Waals surface area (Å²) in [5.41, 5.74) is 0.840. The van der Waals surface area contributed by atoms with Gasteiger partial charge in [0.2, 0.25) is 15.9 Å². The molecule has 1 fully saturated rings. The van der Waals surface area contributed by atoms with E-state index in [2.05, 4.69) is 10.3 Å². The van der Waals surface area contributed by atoms with Gasteiger partial charge in [-0.25, -0.2) is 12.8 Å². The second-order valence-corrected chi connectivity index (χ2v) is 8.13. The molecule has 1 N–H and O–H groups in total. The van der Waals surface area contributed by atoms with Crippen molar-refractivity contribution in [1.82, 2.24) is 14.6 Å². The van der Waals surface area contributed by atoms with Gasteiger partial charge in [-0.2, -0.15) is 4.31 Å². The number of sulfonamides is 1. The van der Waals surface area contributed by atoms with Gasteiger partial charge in [0.05, 0.1) is 10.9 Å². The summed E-state index contributed by atoms with van der Waals surface area (Å²) in [6, 6.07) is 7.20. The topological polar surface area (TPSA) is 79.4 Å². The Labute approximate surface area is 152 Å². The second kappa shape index (κ2) is 7.51. The van der Waals surface area contributed by atoms with Gasteiger partial charge < -0.3 is 5.32 Å². The molecule has 0 spiro atoms. The number of pyridine rings is 1. The third kappa shape index (κ3) is 3.76. The molecular formula is C18H20FN3O3S. The molecule has 1 aromatic heterocycles. The van der Waals surface area contributed by atoms with Crippen LogP contribution in [0.1, 0.15) is 31.4 Å². The van der Waals surface area contributed by atoms with Gasteiger partial charge in [0.15, 0.2) is 0 Å². The Bertz CT molecular complexity index is 872. The summed E-state index contributed by atoms with van der Waals surface area (Å²) < 4.78 is 39.9. The van der Waals surface area contributed by atoms with Crippen LogP contribution in [0.5, 0.6) is 0 Å². The number of hydrogen-bond donors (Lipinski definition) is 1. The van der Waals surface area contributed by atoms with Crippen LogP contribution in [-0.4, -0.2) is 36.2 Å². The Morgan fingerprint density at radius 1 is 1.31 bits per heavy atom. The van der Waals surface area contributed by atoms with Crippen molar-refractivity contribution in [3.8, 4) is 0 Å². The van der Waals surface area contributed by atoms with Crippen LogP contribution < -0.4 is 5.32 Å². The second-order valence-electron chi connectivity index (χ2n) is 6.24. The molecule has 3 rings (SSSR count). The molecular weight excluding hydrogens is 357 g/mol. The number of aromatic nitrogens is 1. The minimum absolute atomic E-state index is 0.0149. The fourth-order valence-corrected chi connectivity index (χ4v) is 4.71. The lowest BCUT2D eigenvalue weighted by Gasteiger charge is -2.25. The van der Waals surface area contributed by atoms with E-state index >= 15 is 0 Å². The van der Waals surface area contributed by atoms with E-state index in [1.165, 1.54) is 16.4 Å². The number of nitrogens with one attached hydrogen (secondary N) is 1. The number of nitrogens with zero attached hydrogens (tertiary/aromatic N) is 2. The first-order valence-corrected chi connectivity index (χ1v) is 9.81. The predicted octanol–water partition coefficient (Wildman–Crippen LogP) is 2.25. The fourth-order valence-electron chi connectivity index (χ4n) is 3.06. The van der Waals surface area contributed by atoms with Gasteiger partial charge in [-0.3, -0.25) is 9.78 Å². The number of benzene rings is 1. The van der Waals surface area contributed by atoms with Crippen LogP contribution in [0.2, 0.25) is 0 Å². The molecule has 0 bridgehead atoms. The lowest BCUT2D eigenvalue weighted by Crippen LogP contribution is -2.46. The minimum atomic E-state index is -3.86. The monoisotopic (exact) mass is 377 g/mol. The van der Waals surface area contributed by atoms with E-state index in [4.69, 9.17) is 0 Å². The van der Waals surface area contributed by atoms with Gasteiger partial charge in [0.25, 0.3) is 0 Å². The first kappa shape index (κ1) is 18.5. The van der Waals surface area contributed by atoms with E-state index in [1.54, 1.807) is 18.5 Å². The zero-order chi connectivity index (χ0) is 18.7. The predicted molar refractivity (Wildman–Crippen MR) is 94.1 cm³/mol. The number of amides is 1. The molecule has 8 heteroatoms. The van der Waals surface area contributed by atoms with E-state index in [0.717, 1.165) is 17.7 Å². The summed E-state index contributed by atoms with van der Waals surface area (Å²) in [7, 11) is -3.86. The minimum Gasteiger partial charge on any atom is -0.348 e. The Kier molecular flexibility index (Phi) is 5.33. The largest absolute Gasteiger partial charge is 0.348 e. The molecule has 26 heavy (non-hydrogen) atoms. The first-order chi connectivity index (χ1) is 12.4. The van der Waals surface area contributed by atoms with Crippen molar-refractivity contribution < 1.29 is 17.6 Å². The Hall–Kier alpha value is -2.32. The van der Waals surface area contributed by atoms with Gasteiger partial charge in [0, 0.05) is 18.9 Å². The highest BCUT2D eigenvalue weighted by molar-refractivity contribution is 7.89. The maximum absolute atomic E-state index is 13.1. The molecule has 2 unspecified atom stereocenters. The van der Waals surface area contributed by atoms with Crippen molar-refractivity contribution in [2.45, 2.75) is 36.7 Å². The molecule has 2 heterocycles. The summed E-state index contributed by atoms with van der Waals surface area (Å²) in [6.45, 7) is 2.09. The highest BCUT2D eigenvalue weighted by atomic mass is 32.2. The Morgan fingerprint density at radius 3 is 2.69 bits per heavy atom. The molecule has 1 aliphatic heterocycles. The maximum atomic E-state index is 13.1. The van der Waals surface area contributed by atoms with Crippen LogP contribution in [-0.2, 0) is 14.8 Å². The van der Waals surface area contributed by atoms with E-state index in [9.17, 15) is 17.6 Å². The average molecular weight is 377 g/mol. The van der Waals surface area contributed by atoms with Gasteiger partial charge in [-0.05, 0) is 55.7 Å². The standard InChI is InChI=1S/C18H20FN3O3S/c1-13(14-4-2-10-20-12-14)21-18(23)17-5-3-11-22(17)26(24,25)16-8-6-15(19)7-9-16/h2,4,6-10,12-13,17H,3,5,11H2,1H3,(H,21,23). The lowest BCUT2D eigenvalue weighted by molar-refractivity contribution is -0.124. The highest BCUT2D eigenvalue weighted by Crippen LogP contribution is 2.27. The summed E-state index contributed by atoms with van der Waals surface area (Å²) in [5.74, 6) is -0.852. The molecule has 0 aliphatic carbocycles. The lowest BCUT2D eigenvalue weighted by atomic mass is 10.1. The molecule has 0 radical (unpaired) electrons. The van der Waals surface area contributed by atoms with Crippen LogP contribution in [0, 0.1) is 5.82 Å².